The van der Waals surface area contributed by atoms with Crippen LogP contribution in [0.3, 0.4) is 0 Å². The SMILES string of the molecule is O=C(Cn1nc(-c2ccc(F)cc2)oc1=O)OCC(=O)N(Cc1ccccc1)c1ccccc1. The van der Waals surface area contributed by atoms with Gasteiger partial charge in [-0.15, -0.1) is 5.10 Å². The van der Waals surface area contributed by atoms with Gasteiger partial charge in [0.15, 0.2) is 6.61 Å². The van der Waals surface area contributed by atoms with Gasteiger partial charge in [0.05, 0.1) is 6.54 Å². The van der Waals surface area contributed by atoms with Crippen LogP contribution in [-0.2, 0) is 27.4 Å². The summed E-state index contributed by atoms with van der Waals surface area (Å²) in [5.41, 5.74) is 1.94. The lowest BCUT2D eigenvalue weighted by Gasteiger charge is -2.23. The van der Waals surface area contributed by atoms with E-state index in [-0.39, 0.29) is 5.89 Å². The van der Waals surface area contributed by atoms with Gasteiger partial charge < -0.3 is 14.1 Å². The van der Waals surface area contributed by atoms with Crippen LogP contribution in [0.1, 0.15) is 5.56 Å². The topological polar surface area (TPSA) is 94.6 Å². The molecule has 0 unspecified atom stereocenters. The predicted molar refractivity (Wildman–Crippen MR) is 121 cm³/mol. The number of rotatable bonds is 8. The molecule has 0 saturated carbocycles. The first kappa shape index (κ1) is 22.7. The van der Waals surface area contributed by atoms with Crippen LogP contribution in [0.25, 0.3) is 11.5 Å². The van der Waals surface area contributed by atoms with Crippen molar-refractivity contribution in [1.29, 1.82) is 0 Å². The maximum atomic E-state index is 13.1. The number of halogens is 1. The Hall–Kier alpha value is -4.53. The van der Waals surface area contributed by atoms with Gasteiger partial charge in [0, 0.05) is 11.3 Å². The number of ether oxygens (including phenoxy) is 1. The molecule has 0 bridgehead atoms. The van der Waals surface area contributed by atoms with Crippen LogP contribution in [0.2, 0.25) is 0 Å². The fourth-order valence-corrected chi connectivity index (χ4v) is 3.20. The van der Waals surface area contributed by atoms with E-state index in [9.17, 15) is 18.8 Å². The molecular formula is C25H20FN3O5. The van der Waals surface area contributed by atoms with Crippen molar-refractivity contribution in [3.63, 3.8) is 0 Å². The molecule has 0 saturated heterocycles. The van der Waals surface area contributed by atoms with Crippen LogP contribution in [0.5, 0.6) is 0 Å². The van der Waals surface area contributed by atoms with Crippen LogP contribution in [-0.4, -0.2) is 28.3 Å². The highest BCUT2D eigenvalue weighted by Crippen LogP contribution is 2.18. The number of carbonyl (C=O) groups excluding carboxylic acids is 2. The second-order valence-corrected chi connectivity index (χ2v) is 7.30. The summed E-state index contributed by atoms with van der Waals surface area (Å²) in [4.78, 5) is 38.7. The molecule has 0 aliphatic rings. The number of aromatic nitrogens is 2. The van der Waals surface area contributed by atoms with Crippen molar-refractivity contribution < 1.29 is 23.1 Å². The molecule has 172 valence electrons. The van der Waals surface area contributed by atoms with E-state index in [0.717, 1.165) is 10.2 Å². The highest BCUT2D eigenvalue weighted by molar-refractivity contribution is 5.95. The summed E-state index contributed by atoms with van der Waals surface area (Å²) in [6.07, 6.45) is 0. The summed E-state index contributed by atoms with van der Waals surface area (Å²) < 4.78 is 24.0. The van der Waals surface area contributed by atoms with Gasteiger partial charge in [-0.1, -0.05) is 48.5 Å². The minimum Gasteiger partial charge on any atom is -0.454 e. The van der Waals surface area contributed by atoms with Gasteiger partial charge in [-0.2, -0.15) is 4.68 Å². The number of anilines is 1. The second-order valence-electron chi connectivity index (χ2n) is 7.30. The van der Waals surface area contributed by atoms with Crippen molar-refractivity contribution in [1.82, 2.24) is 9.78 Å². The molecule has 0 atom stereocenters. The first-order chi connectivity index (χ1) is 16.5. The fraction of sp³-hybridized carbons (Fsp3) is 0.120. The lowest BCUT2D eigenvalue weighted by Crippen LogP contribution is -2.35. The number of carbonyl (C=O) groups is 2. The smallest absolute Gasteiger partial charge is 0.437 e. The minimum absolute atomic E-state index is 0.0630. The third kappa shape index (κ3) is 5.63. The summed E-state index contributed by atoms with van der Waals surface area (Å²) in [5.74, 6) is -2.65. The predicted octanol–water partition coefficient (Wildman–Crippen LogP) is 3.42. The highest BCUT2D eigenvalue weighted by Gasteiger charge is 2.20. The third-order valence-corrected chi connectivity index (χ3v) is 4.89. The Kier molecular flexibility index (Phi) is 6.92. The van der Waals surface area contributed by atoms with Gasteiger partial charge in [-0.3, -0.25) is 9.59 Å². The summed E-state index contributed by atoms with van der Waals surface area (Å²) in [6, 6.07) is 23.6. The molecule has 3 aromatic carbocycles. The second kappa shape index (κ2) is 10.4. The maximum absolute atomic E-state index is 13.1. The first-order valence-electron chi connectivity index (χ1n) is 10.4. The van der Waals surface area contributed by atoms with Crippen LogP contribution < -0.4 is 10.7 Å². The zero-order valence-corrected chi connectivity index (χ0v) is 18.0. The maximum Gasteiger partial charge on any atom is 0.437 e. The molecule has 0 fully saturated rings. The fourth-order valence-electron chi connectivity index (χ4n) is 3.20. The summed E-state index contributed by atoms with van der Waals surface area (Å²) in [5, 5.41) is 3.93. The van der Waals surface area contributed by atoms with Crippen molar-refractivity contribution in [3.05, 3.63) is 107 Å². The molecule has 8 nitrogen and oxygen atoms in total. The Labute approximate surface area is 193 Å². The zero-order valence-electron chi connectivity index (χ0n) is 18.0. The zero-order chi connectivity index (χ0) is 23.9. The van der Waals surface area contributed by atoms with Gasteiger partial charge in [-0.25, -0.2) is 9.18 Å². The standard InChI is InChI=1S/C25H20FN3O5/c26-20-13-11-19(12-14-20)24-27-29(25(32)34-24)16-23(31)33-17-22(30)28(21-9-5-2-6-10-21)15-18-7-3-1-4-8-18/h1-14H,15-17H2. The highest BCUT2D eigenvalue weighted by atomic mass is 19.1. The van der Waals surface area contributed by atoms with E-state index >= 15 is 0 Å². The monoisotopic (exact) mass is 461 g/mol. The van der Waals surface area contributed by atoms with E-state index in [4.69, 9.17) is 9.15 Å². The van der Waals surface area contributed by atoms with Gasteiger partial charge >= 0.3 is 11.7 Å². The number of esters is 1. The van der Waals surface area contributed by atoms with Crippen molar-refractivity contribution >= 4 is 17.6 Å². The van der Waals surface area contributed by atoms with E-state index in [1.807, 2.05) is 48.5 Å². The lowest BCUT2D eigenvalue weighted by atomic mass is 10.2. The van der Waals surface area contributed by atoms with Crippen molar-refractivity contribution in [3.8, 4) is 11.5 Å². The Morgan fingerprint density at radius 1 is 0.941 bits per heavy atom. The van der Waals surface area contributed by atoms with Crippen molar-refractivity contribution in [2.24, 2.45) is 0 Å². The average molecular weight is 461 g/mol. The number of amides is 1. The molecule has 0 aliphatic heterocycles. The summed E-state index contributed by atoms with van der Waals surface area (Å²) in [6.45, 7) is -0.760. The normalized spacial score (nSPS) is 10.6. The third-order valence-electron chi connectivity index (χ3n) is 4.89. The van der Waals surface area contributed by atoms with Gasteiger partial charge in [0.25, 0.3) is 5.91 Å². The Bertz CT molecular complexity index is 1320. The number of nitrogens with zero attached hydrogens (tertiary/aromatic N) is 3. The molecule has 9 heteroatoms. The molecule has 1 amide bonds. The summed E-state index contributed by atoms with van der Waals surface area (Å²) >= 11 is 0. The minimum atomic E-state index is -0.877. The number of para-hydroxylation sites is 1. The van der Waals surface area contributed by atoms with E-state index < -0.39 is 36.6 Å². The van der Waals surface area contributed by atoms with Crippen LogP contribution in [0.15, 0.2) is 94.1 Å². The molecule has 4 rings (SSSR count). The first-order valence-corrected chi connectivity index (χ1v) is 10.4. The summed E-state index contributed by atoms with van der Waals surface area (Å²) in [7, 11) is 0. The Morgan fingerprint density at radius 2 is 1.59 bits per heavy atom. The molecule has 1 aromatic heterocycles. The van der Waals surface area contributed by atoms with Gasteiger partial charge in [-0.05, 0) is 42.0 Å². The number of benzene rings is 3. The van der Waals surface area contributed by atoms with E-state index in [1.165, 1.54) is 29.2 Å². The molecule has 1 heterocycles. The van der Waals surface area contributed by atoms with Crippen molar-refractivity contribution in [2.75, 3.05) is 11.5 Å². The van der Waals surface area contributed by atoms with Gasteiger partial charge in [0.1, 0.15) is 12.4 Å². The molecule has 0 aliphatic carbocycles. The average Bonchev–Trinajstić information content (AvgIpc) is 3.22. The molecule has 0 spiro atoms. The molecule has 0 N–H and O–H groups in total. The Morgan fingerprint density at radius 3 is 2.26 bits per heavy atom. The van der Waals surface area contributed by atoms with Gasteiger partial charge in [0.2, 0.25) is 5.89 Å². The largest absolute Gasteiger partial charge is 0.454 e. The van der Waals surface area contributed by atoms with Crippen molar-refractivity contribution in [2.45, 2.75) is 13.1 Å². The quantitative estimate of drug-likeness (QED) is 0.373. The van der Waals surface area contributed by atoms with Crippen LogP contribution >= 0.6 is 0 Å². The lowest BCUT2D eigenvalue weighted by molar-refractivity contribution is -0.148. The molecule has 0 radical (unpaired) electrons. The van der Waals surface area contributed by atoms with E-state index in [0.29, 0.717) is 17.8 Å². The molecular weight excluding hydrogens is 441 g/mol. The number of hydrogen-bond acceptors (Lipinski definition) is 6. The van der Waals surface area contributed by atoms with Crippen LogP contribution in [0, 0.1) is 5.82 Å². The van der Waals surface area contributed by atoms with Crippen LogP contribution in [0.4, 0.5) is 10.1 Å². The molecule has 4 aromatic rings. The number of hydrogen-bond donors (Lipinski definition) is 0. The Balaban J connectivity index is 1.40. The molecule has 34 heavy (non-hydrogen) atoms. The van der Waals surface area contributed by atoms with E-state index in [2.05, 4.69) is 5.10 Å². The van der Waals surface area contributed by atoms with E-state index in [1.54, 1.807) is 12.1 Å².